The summed E-state index contributed by atoms with van der Waals surface area (Å²) in [6.07, 6.45) is 1.03. The van der Waals surface area contributed by atoms with Crippen molar-refractivity contribution in [3.63, 3.8) is 0 Å². The van der Waals surface area contributed by atoms with Crippen molar-refractivity contribution >= 4 is 5.91 Å². The molecular formula is C8H16N2O. The molecule has 0 aromatic heterocycles. The van der Waals surface area contributed by atoms with Crippen molar-refractivity contribution in [3.8, 4) is 0 Å². The highest BCUT2D eigenvalue weighted by atomic mass is 16.2. The monoisotopic (exact) mass is 156 g/mol. The van der Waals surface area contributed by atoms with Crippen LogP contribution in [0.4, 0.5) is 0 Å². The third-order valence-corrected chi connectivity index (χ3v) is 2.34. The van der Waals surface area contributed by atoms with Gasteiger partial charge in [0.05, 0.1) is 12.7 Å². The number of nitrogens with one attached hydrogen (secondary N) is 1. The van der Waals surface area contributed by atoms with Crippen LogP contribution in [0.3, 0.4) is 0 Å². The minimum absolute atomic E-state index is 0.0176. The molecular weight excluding hydrogens is 140 g/mol. The van der Waals surface area contributed by atoms with Crippen LogP contribution in [-0.2, 0) is 4.79 Å². The van der Waals surface area contributed by atoms with Gasteiger partial charge in [-0.1, -0.05) is 6.92 Å². The topological polar surface area (TPSA) is 32.3 Å². The quantitative estimate of drug-likeness (QED) is 0.633. The SMILES string of the molecule is CCC(C)N1CNC(C)C1=O. The maximum Gasteiger partial charge on any atom is 0.240 e. The van der Waals surface area contributed by atoms with E-state index >= 15 is 0 Å². The van der Waals surface area contributed by atoms with Gasteiger partial charge in [0.2, 0.25) is 5.91 Å². The van der Waals surface area contributed by atoms with Crippen LogP contribution in [0.2, 0.25) is 0 Å². The Bertz CT molecular complexity index is 158. The molecule has 1 rings (SSSR count). The van der Waals surface area contributed by atoms with Crippen LogP contribution < -0.4 is 5.32 Å². The molecule has 0 spiro atoms. The number of carbonyl (C=O) groups is 1. The van der Waals surface area contributed by atoms with Crippen LogP contribution in [0.15, 0.2) is 0 Å². The summed E-state index contributed by atoms with van der Waals surface area (Å²) >= 11 is 0. The molecule has 0 radical (unpaired) electrons. The summed E-state index contributed by atoms with van der Waals surface area (Å²) in [7, 11) is 0. The van der Waals surface area contributed by atoms with Crippen molar-refractivity contribution in [2.45, 2.75) is 39.3 Å². The Morgan fingerprint density at radius 3 is 2.82 bits per heavy atom. The lowest BCUT2D eigenvalue weighted by atomic mass is 10.2. The first-order chi connectivity index (χ1) is 5.16. The van der Waals surface area contributed by atoms with Crippen LogP contribution in [0.25, 0.3) is 0 Å². The molecule has 0 bridgehead atoms. The average molecular weight is 156 g/mol. The number of rotatable bonds is 2. The van der Waals surface area contributed by atoms with Gasteiger partial charge in [0.1, 0.15) is 0 Å². The number of carbonyl (C=O) groups excluding carboxylic acids is 1. The molecule has 1 amide bonds. The predicted octanol–water partition coefficient (Wildman–Crippen LogP) is 0.563. The number of amides is 1. The van der Waals surface area contributed by atoms with Gasteiger partial charge >= 0.3 is 0 Å². The van der Waals surface area contributed by atoms with E-state index in [4.69, 9.17) is 0 Å². The van der Waals surface area contributed by atoms with Crippen molar-refractivity contribution in [3.05, 3.63) is 0 Å². The highest BCUT2D eigenvalue weighted by Crippen LogP contribution is 2.09. The molecule has 1 aliphatic heterocycles. The molecule has 1 saturated heterocycles. The standard InChI is InChI=1S/C8H16N2O/c1-4-6(2)10-5-9-7(3)8(10)11/h6-7,9H,4-5H2,1-3H3. The van der Waals surface area contributed by atoms with E-state index in [0.717, 1.165) is 13.1 Å². The lowest BCUT2D eigenvalue weighted by molar-refractivity contribution is -0.130. The zero-order valence-electron chi connectivity index (χ0n) is 7.42. The molecule has 64 valence electrons. The van der Waals surface area contributed by atoms with Crippen molar-refractivity contribution in [2.24, 2.45) is 0 Å². The largest absolute Gasteiger partial charge is 0.326 e. The Kier molecular flexibility index (Phi) is 2.49. The Hall–Kier alpha value is -0.570. The van der Waals surface area contributed by atoms with E-state index in [9.17, 15) is 4.79 Å². The first-order valence-electron chi connectivity index (χ1n) is 4.20. The molecule has 1 aliphatic rings. The molecule has 0 saturated carbocycles. The van der Waals surface area contributed by atoms with E-state index in [1.54, 1.807) is 0 Å². The lowest BCUT2D eigenvalue weighted by Crippen LogP contribution is -2.35. The van der Waals surface area contributed by atoms with Crippen LogP contribution in [-0.4, -0.2) is 29.6 Å². The molecule has 0 aliphatic carbocycles. The maximum atomic E-state index is 11.4. The Morgan fingerprint density at radius 2 is 2.45 bits per heavy atom. The molecule has 0 aromatic carbocycles. The van der Waals surface area contributed by atoms with Crippen molar-refractivity contribution in [1.82, 2.24) is 10.2 Å². The minimum atomic E-state index is 0.0176. The average Bonchev–Trinajstić information content (AvgIpc) is 2.32. The summed E-state index contributed by atoms with van der Waals surface area (Å²) in [6.45, 7) is 6.80. The summed E-state index contributed by atoms with van der Waals surface area (Å²) in [6, 6.07) is 0.393. The van der Waals surface area contributed by atoms with Gasteiger partial charge in [0, 0.05) is 6.04 Å². The van der Waals surface area contributed by atoms with Crippen LogP contribution in [0.5, 0.6) is 0 Å². The van der Waals surface area contributed by atoms with E-state index < -0.39 is 0 Å². The van der Waals surface area contributed by atoms with Gasteiger partial charge in [0.15, 0.2) is 0 Å². The number of nitrogens with zero attached hydrogens (tertiary/aromatic N) is 1. The second-order valence-corrected chi connectivity index (χ2v) is 3.15. The Labute approximate surface area is 67.8 Å². The third kappa shape index (κ3) is 1.53. The molecule has 3 nitrogen and oxygen atoms in total. The smallest absolute Gasteiger partial charge is 0.240 e. The highest BCUT2D eigenvalue weighted by Gasteiger charge is 2.29. The molecule has 11 heavy (non-hydrogen) atoms. The van der Waals surface area contributed by atoms with Gasteiger partial charge in [-0.25, -0.2) is 0 Å². The van der Waals surface area contributed by atoms with Crippen LogP contribution in [0, 0.1) is 0 Å². The van der Waals surface area contributed by atoms with Gasteiger partial charge in [-0.05, 0) is 20.3 Å². The first-order valence-corrected chi connectivity index (χ1v) is 4.20. The maximum absolute atomic E-state index is 11.4. The lowest BCUT2D eigenvalue weighted by Gasteiger charge is -2.21. The first kappa shape index (κ1) is 8.53. The fourth-order valence-corrected chi connectivity index (χ4v) is 1.24. The van der Waals surface area contributed by atoms with E-state index in [1.165, 1.54) is 0 Å². The summed E-state index contributed by atoms with van der Waals surface area (Å²) in [5.74, 6) is 0.236. The summed E-state index contributed by atoms with van der Waals surface area (Å²) in [5.41, 5.74) is 0. The summed E-state index contributed by atoms with van der Waals surface area (Å²) < 4.78 is 0. The second kappa shape index (κ2) is 3.22. The van der Waals surface area contributed by atoms with E-state index in [0.29, 0.717) is 6.04 Å². The predicted molar refractivity (Wildman–Crippen MR) is 44.1 cm³/mol. The van der Waals surface area contributed by atoms with Gasteiger partial charge in [-0.2, -0.15) is 0 Å². The summed E-state index contributed by atoms with van der Waals surface area (Å²) in [4.78, 5) is 13.3. The Morgan fingerprint density at radius 1 is 1.82 bits per heavy atom. The Balaban J connectivity index is 2.54. The second-order valence-electron chi connectivity index (χ2n) is 3.15. The molecule has 2 atom stereocenters. The summed E-state index contributed by atoms with van der Waals surface area (Å²) in [5, 5.41) is 3.11. The molecule has 1 N–H and O–H groups in total. The van der Waals surface area contributed by atoms with Gasteiger partial charge in [-0.3, -0.25) is 10.1 Å². The highest BCUT2D eigenvalue weighted by molar-refractivity contribution is 5.83. The fraction of sp³-hybridized carbons (Fsp3) is 0.875. The molecule has 1 heterocycles. The fourth-order valence-electron chi connectivity index (χ4n) is 1.24. The number of hydrogen-bond donors (Lipinski definition) is 1. The van der Waals surface area contributed by atoms with Gasteiger partial charge < -0.3 is 4.90 Å². The van der Waals surface area contributed by atoms with Crippen molar-refractivity contribution in [2.75, 3.05) is 6.67 Å². The normalized spacial score (nSPS) is 27.7. The van der Waals surface area contributed by atoms with Gasteiger partial charge in [0.25, 0.3) is 0 Å². The van der Waals surface area contributed by atoms with E-state index in [2.05, 4.69) is 19.2 Å². The molecule has 0 aromatic rings. The van der Waals surface area contributed by atoms with Crippen LogP contribution >= 0.6 is 0 Å². The van der Waals surface area contributed by atoms with E-state index in [1.807, 2.05) is 11.8 Å². The zero-order chi connectivity index (χ0) is 8.43. The van der Waals surface area contributed by atoms with Crippen LogP contribution in [0.1, 0.15) is 27.2 Å². The third-order valence-electron chi connectivity index (χ3n) is 2.34. The zero-order valence-corrected chi connectivity index (χ0v) is 7.42. The van der Waals surface area contributed by atoms with E-state index in [-0.39, 0.29) is 11.9 Å². The molecule has 3 heteroatoms. The molecule has 2 unspecified atom stereocenters. The minimum Gasteiger partial charge on any atom is -0.326 e. The molecule has 1 fully saturated rings. The van der Waals surface area contributed by atoms with Gasteiger partial charge in [-0.15, -0.1) is 0 Å². The van der Waals surface area contributed by atoms with Crippen molar-refractivity contribution < 1.29 is 4.79 Å². The number of hydrogen-bond acceptors (Lipinski definition) is 2. The van der Waals surface area contributed by atoms with Crippen molar-refractivity contribution in [1.29, 1.82) is 0 Å².